The second kappa shape index (κ2) is 3.21. The summed E-state index contributed by atoms with van der Waals surface area (Å²) in [5, 5.41) is 9.01. The van der Waals surface area contributed by atoms with Crippen LogP contribution in [0.1, 0.15) is 19.4 Å². The molecule has 0 aliphatic rings. The molecule has 0 aromatic heterocycles. The van der Waals surface area contributed by atoms with Gasteiger partial charge in [0.25, 0.3) is 0 Å². The highest BCUT2D eigenvalue weighted by molar-refractivity contribution is 5.85. The summed E-state index contributed by atoms with van der Waals surface area (Å²) in [6.07, 6.45) is 0. The number of nitrogens with two attached hydrogens (primary N) is 2. The monoisotopic (exact) mass is 194 g/mol. The first-order chi connectivity index (χ1) is 6.37. The molecule has 0 bridgehead atoms. The van der Waals surface area contributed by atoms with Crippen LogP contribution in [0, 0.1) is 0 Å². The molecule has 0 atom stereocenters. The summed E-state index contributed by atoms with van der Waals surface area (Å²) in [4.78, 5) is 11.0. The molecule has 76 valence electrons. The van der Waals surface area contributed by atoms with Gasteiger partial charge in [0.15, 0.2) is 0 Å². The summed E-state index contributed by atoms with van der Waals surface area (Å²) in [5.74, 6) is -0.921. The van der Waals surface area contributed by atoms with E-state index in [4.69, 9.17) is 16.6 Å². The van der Waals surface area contributed by atoms with Gasteiger partial charge in [0.05, 0.1) is 16.8 Å². The normalized spacial score (nSPS) is 11.3. The van der Waals surface area contributed by atoms with E-state index in [2.05, 4.69) is 0 Å². The van der Waals surface area contributed by atoms with E-state index < -0.39 is 11.4 Å². The van der Waals surface area contributed by atoms with Crippen molar-refractivity contribution in [2.24, 2.45) is 0 Å². The molecular weight excluding hydrogens is 180 g/mol. The minimum Gasteiger partial charge on any atom is -0.481 e. The Hall–Kier alpha value is -1.71. The van der Waals surface area contributed by atoms with Crippen LogP contribution in [-0.4, -0.2) is 11.1 Å². The smallest absolute Gasteiger partial charge is 0.313 e. The first kappa shape index (κ1) is 10.4. The second-order valence-corrected chi connectivity index (χ2v) is 3.74. The molecule has 0 radical (unpaired) electrons. The highest BCUT2D eigenvalue weighted by Gasteiger charge is 2.31. The van der Waals surface area contributed by atoms with Crippen LogP contribution in [0.15, 0.2) is 18.2 Å². The zero-order valence-corrected chi connectivity index (χ0v) is 8.24. The van der Waals surface area contributed by atoms with Crippen LogP contribution in [-0.2, 0) is 10.2 Å². The number of anilines is 2. The van der Waals surface area contributed by atoms with Gasteiger partial charge < -0.3 is 16.6 Å². The maximum atomic E-state index is 11.0. The van der Waals surface area contributed by atoms with E-state index in [1.54, 1.807) is 32.0 Å². The standard InChI is InChI=1S/C10H14N2O2/c1-10(2,9(13)14)6-4-3-5-7(11)8(6)12/h3-5H,11-12H2,1-2H3,(H,13,14). The number of carboxylic acid groups (broad SMARTS) is 1. The van der Waals surface area contributed by atoms with Crippen molar-refractivity contribution in [3.8, 4) is 0 Å². The molecule has 0 heterocycles. The molecule has 1 aromatic carbocycles. The van der Waals surface area contributed by atoms with Crippen molar-refractivity contribution in [3.05, 3.63) is 23.8 Å². The van der Waals surface area contributed by atoms with E-state index in [0.717, 1.165) is 0 Å². The third kappa shape index (κ3) is 1.51. The number of carbonyl (C=O) groups is 1. The predicted octanol–water partition coefficient (Wildman–Crippen LogP) is 1.21. The third-order valence-corrected chi connectivity index (χ3v) is 2.35. The van der Waals surface area contributed by atoms with Crippen LogP contribution in [0.2, 0.25) is 0 Å². The molecule has 4 heteroatoms. The Kier molecular flexibility index (Phi) is 2.38. The van der Waals surface area contributed by atoms with Crippen molar-refractivity contribution in [2.75, 3.05) is 11.5 Å². The first-order valence-electron chi connectivity index (χ1n) is 4.25. The second-order valence-electron chi connectivity index (χ2n) is 3.74. The molecule has 0 saturated heterocycles. The van der Waals surface area contributed by atoms with Crippen LogP contribution in [0.4, 0.5) is 11.4 Å². The molecule has 0 spiro atoms. The molecule has 1 aromatic rings. The van der Waals surface area contributed by atoms with E-state index in [0.29, 0.717) is 16.9 Å². The summed E-state index contributed by atoms with van der Waals surface area (Å²) >= 11 is 0. The fraction of sp³-hybridized carbons (Fsp3) is 0.300. The molecule has 0 aliphatic heterocycles. The van der Waals surface area contributed by atoms with Crippen molar-refractivity contribution in [1.82, 2.24) is 0 Å². The number of hydrogen-bond donors (Lipinski definition) is 3. The van der Waals surface area contributed by atoms with E-state index in [9.17, 15) is 4.79 Å². The number of aliphatic carboxylic acids is 1. The van der Waals surface area contributed by atoms with Crippen LogP contribution < -0.4 is 11.5 Å². The minimum absolute atomic E-state index is 0.347. The topological polar surface area (TPSA) is 89.3 Å². The van der Waals surface area contributed by atoms with Crippen LogP contribution >= 0.6 is 0 Å². The maximum Gasteiger partial charge on any atom is 0.313 e. The lowest BCUT2D eigenvalue weighted by atomic mass is 9.83. The molecule has 14 heavy (non-hydrogen) atoms. The van der Waals surface area contributed by atoms with Gasteiger partial charge in [-0.25, -0.2) is 0 Å². The summed E-state index contributed by atoms with van der Waals surface area (Å²) < 4.78 is 0. The number of nitrogen functional groups attached to an aromatic ring is 2. The molecular formula is C10H14N2O2. The van der Waals surface area contributed by atoms with Crippen LogP contribution in [0.3, 0.4) is 0 Å². The molecule has 0 unspecified atom stereocenters. The Bertz CT molecular complexity index is 372. The number of hydrogen-bond acceptors (Lipinski definition) is 3. The number of para-hydroxylation sites is 1. The van der Waals surface area contributed by atoms with Gasteiger partial charge in [-0.3, -0.25) is 4.79 Å². The maximum absolute atomic E-state index is 11.0. The predicted molar refractivity (Wildman–Crippen MR) is 55.9 cm³/mol. The average Bonchev–Trinajstić information content (AvgIpc) is 2.09. The summed E-state index contributed by atoms with van der Waals surface area (Å²) in [6, 6.07) is 5.03. The van der Waals surface area contributed by atoms with E-state index >= 15 is 0 Å². The summed E-state index contributed by atoms with van der Waals surface area (Å²) in [7, 11) is 0. The van der Waals surface area contributed by atoms with Crippen molar-refractivity contribution in [1.29, 1.82) is 0 Å². The fourth-order valence-corrected chi connectivity index (χ4v) is 1.24. The Balaban J connectivity index is 3.33. The quantitative estimate of drug-likeness (QED) is 0.617. The van der Waals surface area contributed by atoms with E-state index in [-0.39, 0.29) is 0 Å². The van der Waals surface area contributed by atoms with Gasteiger partial charge in [-0.05, 0) is 25.5 Å². The highest BCUT2D eigenvalue weighted by Crippen LogP contribution is 2.31. The zero-order valence-electron chi connectivity index (χ0n) is 8.24. The van der Waals surface area contributed by atoms with Crippen molar-refractivity contribution < 1.29 is 9.90 Å². The first-order valence-corrected chi connectivity index (χ1v) is 4.25. The third-order valence-electron chi connectivity index (χ3n) is 2.35. The SMILES string of the molecule is CC(C)(C(=O)O)c1cccc(N)c1N. The Morgan fingerprint density at radius 3 is 2.43 bits per heavy atom. The summed E-state index contributed by atoms with van der Waals surface area (Å²) in [5.41, 5.74) is 11.6. The Morgan fingerprint density at radius 2 is 1.93 bits per heavy atom. The fourth-order valence-electron chi connectivity index (χ4n) is 1.24. The van der Waals surface area contributed by atoms with Gasteiger partial charge in [-0.2, -0.15) is 0 Å². The molecule has 0 aliphatic carbocycles. The molecule has 0 fully saturated rings. The largest absolute Gasteiger partial charge is 0.481 e. The van der Waals surface area contributed by atoms with Crippen LogP contribution in [0.25, 0.3) is 0 Å². The van der Waals surface area contributed by atoms with Crippen molar-refractivity contribution in [3.63, 3.8) is 0 Å². The van der Waals surface area contributed by atoms with Crippen molar-refractivity contribution >= 4 is 17.3 Å². The number of benzene rings is 1. The summed E-state index contributed by atoms with van der Waals surface area (Å²) in [6.45, 7) is 3.20. The Labute approximate surface area is 82.5 Å². The molecule has 5 N–H and O–H groups in total. The lowest BCUT2D eigenvalue weighted by Gasteiger charge is -2.22. The van der Waals surface area contributed by atoms with E-state index in [1.165, 1.54) is 0 Å². The molecule has 0 amide bonds. The van der Waals surface area contributed by atoms with E-state index in [1.807, 2.05) is 0 Å². The van der Waals surface area contributed by atoms with Gasteiger partial charge in [0.1, 0.15) is 0 Å². The van der Waals surface area contributed by atoms with Gasteiger partial charge in [-0.15, -0.1) is 0 Å². The van der Waals surface area contributed by atoms with Crippen LogP contribution in [0.5, 0.6) is 0 Å². The average molecular weight is 194 g/mol. The van der Waals surface area contributed by atoms with Gasteiger partial charge >= 0.3 is 5.97 Å². The lowest BCUT2D eigenvalue weighted by molar-refractivity contribution is -0.142. The lowest BCUT2D eigenvalue weighted by Crippen LogP contribution is -2.29. The molecule has 0 saturated carbocycles. The van der Waals surface area contributed by atoms with Crippen molar-refractivity contribution in [2.45, 2.75) is 19.3 Å². The molecule has 4 nitrogen and oxygen atoms in total. The number of carboxylic acids is 1. The van der Waals surface area contributed by atoms with Gasteiger partial charge in [0, 0.05) is 0 Å². The van der Waals surface area contributed by atoms with Gasteiger partial charge in [-0.1, -0.05) is 12.1 Å². The Morgan fingerprint density at radius 1 is 1.36 bits per heavy atom. The zero-order chi connectivity index (χ0) is 10.9. The highest BCUT2D eigenvalue weighted by atomic mass is 16.4. The van der Waals surface area contributed by atoms with Gasteiger partial charge in [0.2, 0.25) is 0 Å². The number of rotatable bonds is 2. The minimum atomic E-state index is -1.01. The molecule has 1 rings (SSSR count).